The minimum absolute atomic E-state index is 0.499. The third kappa shape index (κ3) is 2.86. The van der Waals surface area contributed by atoms with Crippen LogP contribution in [-0.4, -0.2) is 39.6 Å². The summed E-state index contributed by atoms with van der Waals surface area (Å²) in [5.74, 6) is 1.83. The van der Waals surface area contributed by atoms with Crippen LogP contribution in [0, 0.1) is 0 Å². The van der Waals surface area contributed by atoms with Crippen LogP contribution >= 0.6 is 0 Å². The van der Waals surface area contributed by atoms with Gasteiger partial charge in [0.05, 0.1) is 18.1 Å². The molecular formula is C18H13N9. The zero-order chi connectivity index (χ0) is 18.1. The Morgan fingerprint density at radius 3 is 2.56 bits per heavy atom. The number of aromatic nitrogens is 8. The molecule has 0 amide bonds. The van der Waals surface area contributed by atoms with E-state index in [2.05, 4.69) is 35.7 Å². The average Bonchev–Trinajstić information content (AvgIpc) is 3.36. The second-order valence-corrected chi connectivity index (χ2v) is 5.73. The zero-order valence-corrected chi connectivity index (χ0v) is 14.0. The van der Waals surface area contributed by atoms with Gasteiger partial charge in [-0.25, -0.2) is 14.6 Å². The minimum atomic E-state index is 0.499. The van der Waals surface area contributed by atoms with Crippen molar-refractivity contribution in [3.8, 4) is 17.3 Å². The lowest BCUT2D eigenvalue weighted by atomic mass is 10.2. The first-order chi connectivity index (χ1) is 13.4. The molecular weight excluding hydrogens is 342 g/mol. The molecule has 27 heavy (non-hydrogen) atoms. The summed E-state index contributed by atoms with van der Waals surface area (Å²) < 4.78 is 3.30. The van der Waals surface area contributed by atoms with Crippen LogP contribution in [0.5, 0.6) is 0 Å². The quantitative estimate of drug-likeness (QED) is 0.529. The van der Waals surface area contributed by atoms with E-state index < -0.39 is 0 Å². The molecule has 5 aromatic rings. The Balaban J connectivity index is 1.47. The summed E-state index contributed by atoms with van der Waals surface area (Å²) in [7, 11) is 0. The molecule has 1 N–H and O–H groups in total. The van der Waals surface area contributed by atoms with E-state index in [0.29, 0.717) is 23.2 Å². The predicted octanol–water partition coefficient (Wildman–Crippen LogP) is 2.51. The van der Waals surface area contributed by atoms with Crippen LogP contribution in [0.4, 0.5) is 11.5 Å². The van der Waals surface area contributed by atoms with Crippen molar-refractivity contribution in [2.45, 2.75) is 0 Å². The molecule has 0 saturated heterocycles. The molecule has 9 heteroatoms. The molecule has 1 aromatic carbocycles. The van der Waals surface area contributed by atoms with E-state index in [1.807, 2.05) is 42.5 Å². The molecule has 0 saturated carbocycles. The summed E-state index contributed by atoms with van der Waals surface area (Å²) in [5.41, 5.74) is 2.39. The van der Waals surface area contributed by atoms with Gasteiger partial charge in [0.15, 0.2) is 17.3 Å². The highest BCUT2D eigenvalue weighted by Gasteiger charge is 2.10. The van der Waals surface area contributed by atoms with Gasteiger partial charge < -0.3 is 5.32 Å². The lowest BCUT2D eigenvalue weighted by Gasteiger charge is -2.04. The van der Waals surface area contributed by atoms with Crippen molar-refractivity contribution in [1.82, 2.24) is 39.6 Å². The average molecular weight is 355 g/mol. The van der Waals surface area contributed by atoms with Gasteiger partial charge in [0.1, 0.15) is 0 Å². The summed E-state index contributed by atoms with van der Waals surface area (Å²) in [6.45, 7) is 0. The molecule has 0 unspecified atom stereocenters. The summed E-state index contributed by atoms with van der Waals surface area (Å²) in [5, 5.41) is 20.5. The Labute approximate surface area is 153 Å². The van der Waals surface area contributed by atoms with Gasteiger partial charge in [-0.1, -0.05) is 30.3 Å². The fraction of sp³-hybridized carbons (Fsp3) is 0. The fourth-order valence-corrected chi connectivity index (χ4v) is 2.68. The van der Waals surface area contributed by atoms with Crippen LogP contribution in [0.3, 0.4) is 0 Å². The van der Waals surface area contributed by atoms with Crippen LogP contribution in [-0.2, 0) is 0 Å². The predicted molar refractivity (Wildman–Crippen MR) is 98.7 cm³/mol. The standard InChI is InChI=1S/C18H13N9/c1-2-5-13(6-3-1)17-24-23-16-8-7-15(25-27(16)17)22-14-11-21-26(12-14)18-19-9-4-10-20-18/h1-12H,(H,22,25). The maximum absolute atomic E-state index is 4.60. The minimum Gasteiger partial charge on any atom is -0.336 e. The molecule has 9 nitrogen and oxygen atoms in total. The van der Waals surface area contributed by atoms with E-state index in [4.69, 9.17) is 0 Å². The van der Waals surface area contributed by atoms with Gasteiger partial charge in [0.2, 0.25) is 5.95 Å². The second-order valence-electron chi connectivity index (χ2n) is 5.73. The number of fused-ring (bicyclic) bond motifs is 1. The SMILES string of the molecule is c1ccc(-c2nnc3ccc(Nc4cnn(-c5ncccn5)c4)nn23)cc1. The highest BCUT2D eigenvalue weighted by Crippen LogP contribution is 2.19. The third-order valence-corrected chi connectivity index (χ3v) is 3.91. The molecule has 130 valence electrons. The number of hydrogen-bond acceptors (Lipinski definition) is 7. The normalized spacial score (nSPS) is 11.0. The second kappa shape index (κ2) is 6.30. The smallest absolute Gasteiger partial charge is 0.250 e. The Morgan fingerprint density at radius 2 is 1.70 bits per heavy atom. The Hall–Kier alpha value is -4.14. The van der Waals surface area contributed by atoms with Gasteiger partial charge in [0.25, 0.3) is 0 Å². The van der Waals surface area contributed by atoms with Gasteiger partial charge in [-0.3, -0.25) is 0 Å². The molecule has 0 aliphatic heterocycles. The van der Waals surface area contributed by atoms with Gasteiger partial charge in [-0.15, -0.1) is 15.3 Å². The lowest BCUT2D eigenvalue weighted by Crippen LogP contribution is -2.01. The molecule has 4 heterocycles. The zero-order valence-electron chi connectivity index (χ0n) is 14.0. The Kier molecular flexibility index (Phi) is 3.53. The molecule has 4 aromatic heterocycles. The lowest BCUT2D eigenvalue weighted by molar-refractivity contribution is 0.808. The molecule has 5 rings (SSSR count). The molecule has 0 radical (unpaired) electrons. The number of hydrogen-bond donors (Lipinski definition) is 1. The van der Waals surface area contributed by atoms with Crippen molar-refractivity contribution < 1.29 is 0 Å². The van der Waals surface area contributed by atoms with E-state index in [1.165, 1.54) is 0 Å². The number of nitrogens with zero attached hydrogens (tertiary/aromatic N) is 8. The van der Waals surface area contributed by atoms with Crippen LogP contribution in [0.25, 0.3) is 23.0 Å². The monoisotopic (exact) mass is 355 g/mol. The topological polar surface area (TPSA) is 98.7 Å². The fourth-order valence-electron chi connectivity index (χ4n) is 2.68. The summed E-state index contributed by atoms with van der Waals surface area (Å²) in [6.07, 6.45) is 6.82. The van der Waals surface area contributed by atoms with Crippen molar-refractivity contribution in [2.75, 3.05) is 5.32 Å². The van der Waals surface area contributed by atoms with E-state index in [1.54, 1.807) is 40.1 Å². The molecule has 0 bridgehead atoms. The van der Waals surface area contributed by atoms with Crippen molar-refractivity contribution >= 4 is 17.2 Å². The Bertz CT molecular complexity index is 1200. The number of benzene rings is 1. The molecule has 0 aliphatic carbocycles. The number of anilines is 2. The van der Waals surface area contributed by atoms with Crippen molar-refractivity contribution in [2.24, 2.45) is 0 Å². The summed E-state index contributed by atoms with van der Waals surface area (Å²) in [4.78, 5) is 8.35. The van der Waals surface area contributed by atoms with Gasteiger partial charge >= 0.3 is 0 Å². The van der Waals surface area contributed by atoms with Gasteiger partial charge in [0, 0.05) is 18.0 Å². The molecule has 0 aliphatic rings. The maximum atomic E-state index is 4.60. The number of rotatable bonds is 4. The summed E-state index contributed by atoms with van der Waals surface area (Å²) in [6, 6.07) is 15.3. The van der Waals surface area contributed by atoms with Crippen LogP contribution in [0.1, 0.15) is 0 Å². The summed E-state index contributed by atoms with van der Waals surface area (Å²) >= 11 is 0. The van der Waals surface area contributed by atoms with Crippen LogP contribution in [0.2, 0.25) is 0 Å². The molecule has 0 atom stereocenters. The van der Waals surface area contributed by atoms with Crippen molar-refractivity contribution in [3.05, 3.63) is 73.3 Å². The highest BCUT2D eigenvalue weighted by molar-refractivity contribution is 5.61. The van der Waals surface area contributed by atoms with Gasteiger partial charge in [-0.05, 0) is 18.2 Å². The Morgan fingerprint density at radius 1 is 0.852 bits per heavy atom. The first kappa shape index (κ1) is 15.1. The first-order valence-corrected chi connectivity index (χ1v) is 8.24. The van der Waals surface area contributed by atoms with Crippen LogP contribution in [0.15, 0.2) is 73.3 Å². The highest BCUT2D eigenvalue weighted by atomic mass is 15.4. The molecule has 0 fully saturated rings. The van der Waals surface area contributed by atoms with Crippen LogP contribution < -0.4 is 5.32 Å². The largest absolute Gasteiger partial charge is 0.336 e. The maximum Gasteiger partial charge on any atom is 0.250 e. The molecule has 0 spiro atoms. The van der Waals surface area contributed by atoms with E-state index in [0.717, 1.165) is 11.3 Å². The van der Waals surface area contributed by atoms with Gasteiger partial charge in [-0.2, -0.15) is 9.61 Å². The van der Waals surface area contributed by atoms with E-state index in [9.17, 15) is 0 Å². The number of nitrogens with one attached hydrogen (secondary N) is 1. The first-order valence-electron chi connectivity index (χ1n) is 8.24. The van der Waals surface area contributed by atoms with E-state index in [-0.39, 0.29) is 0 Å². The van der Waals surface area contributed by atoms with E-state index >= 15 is 0 Å². The third-order valence-electron chi connectivity index (χ3n) is 3.91. The van der Waals surface area contributed by atoms with Crippen molar-refractivity contribution in [1.29, 1.82) is 0 Å². The van der Waals surface area contributed by atoms with Crippen molar-refractivity contribution in [3.63, 3.8) is 0 Å².